The van der Waals surface area contributed by atoms with E-state index in [1.807, 2.05) is 0 Å². The number of aromatic hydroxyl groups is 1. The number of esters is 1. The normalized spacial score (nSPS) is 9.61. The van der Waals surface area contributed by atoms with Gasteiger partial charge in [0.25, 0.3) is 5.91 Å². The predicted octanol–water partition coefficient (Wildman–Crippen LogP) is 1.50. The Kier molecular flexibility index (Phi) is 5.20. The van der Waals surface area contributed by atoms with E-state index in [0.717, 1.165) is 6.08 Å². The van der Waals surface area contributed by atoms with Gasteiger partial charge in [0.15, 0.2) is 0 Å². The summed E-state index contributed by atoms with van der Waals surface area (Å²) in [4.78, 5) is 22.3. The zero-order chi connectivity index (χ0) is 13.5. The van der Waals surface area contributed by atoms with Crippen LogP contribution in [0.15, 0.2) is 30.9 Å². The number of amides is 1. The number of halogens is 1. The summed E-state index contributed by atoms with van der Waals surface area (Å²) >= 11 is 5.67. The molecule has 0 heterocycles. The number of carbonyl (C=O) groups is 2. The molecule has 0 saturated carbocycles. The van der Waals surface area contributed by atoms with Crippen molar-refractivity contribution in [1.82, 2.24) is 5.32 Å². The van der Waals surface area contributed by atoms with E-state index in [4.69, 9.17) is 11.6 Å². The first-order valence-electron chi connectivity index (χ1n) is 5.10. The molecule has 1 aromatic rings. The minimum atomic E-state index is -0.545. The van der Waals surface area contributed by atoms with Crippen LogP contribution in [-0.2, 0) is 9.53 Å². The summed E-state index contributed by atoms with van der Waals surface area (Å²) in [6.07, 6.45) is 1.04. The number of hydrogen-bond donors (Lipinski definition) is 2. The van der Waals surface area contributed by atoms with Crippen LogP contribution in [0.5, 0.6) is 5.75 Å². The number of benzene rings is 1. The van der Waals surface area contributed by atoms with Crippen molar-refractivity contribution in [2.45, 2.75) is 0 Å². The number of ether oxygens (including phenoxy) is 1. The number of phenols is 1. The number of rotatable bonds is 5. The molecule has 0 aromatic heterocycles. The zero-order valence-electron chi connectivity index (χ0n) is 9.48. The van der Waals surface area contributed by atoms with E-state index in [1.165, 1.54) is 18.2 Å². The van der Waals surface area contributed by atoms with Gasteiger partial charge in [0.1, 0.15) is 12.4 Å². The number of phenolic OH excluding ortho intramolecular Hbond substituents is 1. The molecule has 96 valence electrons. The first-order valence-corrected chi connectivity index (χ1v) is 5.48. The van der Waals surface area contributed by atoms with E-state index in [2.05, 4.69) is 16.6 Å². The summed E-state index contributed by atoms with van der Waals surface area (Å²) in [5.41, 5.74) is 0.313. The summed E-state index contributed by atoms with van der Waals surface area (Å²) in [7, 11) is 0. The Morgan fingerprint density at radius 1 is 1.50 bits per heavy atom. The van der Waals surface area contributed by atoms with Gasteiger partial charge in [-0.1, -0.05) is 18.2 Å². The van der Waals surface area contributed by atoms with Gasteiger partial charge in [-0.3, -0.25) is 4.79 Å². The Morgan fingerprint density at radius 2 is 2.22 bits per heavy atom. The Balaban J connectivity index is 2.43. The van der Waals surface area contributed by atoms with Crippen LogP contribution >= 0.6 is 11.6 Å². The molecule has 1 rings (SSSR count). The Bertz CT molecular complexity index is 473. The zero-order valence-corrected chi connectivity index (χ0v) is 10.2. The quantitative estimate of drug-likeness (QED) is 0.483. The van der Waals surface area contributed by atoms with Crippen molar-refractivity contribution >= 4 is 23.5 Å². The van der Waals surface area contributed by atoms with Crippen LogP contribution in [-0.4, -0.2) is 30.1 Å². The molecule has 0 aliphatic heterocycles. The molecule has 0 saturated heterocycles. The molecule has 0 fully saturated rings. The smallest absolute Gasteiger partial charge is 0.330 e. The van der Waals surface area contributed by atoms with Crippen molar-refractivity contribution in [3.8, 4) is 5.75 Å². The first-order chi connectivity index (χ1) is 8.54. The molecule has 2 N–H and O–H groups in total. The summed E-state index contributed by atoms with van der Waals surface area (Å²) in [5.74, 6) is -1.00. The van der Waals surface area contributed by atoms with Crippen LogP contribution in [0.1, 0.15) is 10.4 Å². The van der Waals surface area contributed by atoms with Crippen LogP contribution in [0.2, 0.25) is 5.02 Å². The van der Waals surface area contributed by atoms with Crippen LogP contribution in [0.25, 0.3) is 0 Å². The molecule has 0 atom stereocenters. The molecule has 6 heteroatoms. The largest absolute Gasteiger partial charge is 0.506 e. The summed E-state index contributed by atoms with van der Waals surface area (Å²) < 4.78 is 4.68. The highest BCUT2D eigenvalue weighted by Crippen LogP contribution is 2.23. The van der Waals surface area contributed by atoms with E-state index in [0.29, 0.717) is 5.56 Å². The van der Waals surface area contributed by atoms with Crippen molar-refractivity contribution < 1.29 is 19.4 Å². The maximum Gasteiger partial charge on any atom is 0.330 e. The average molecular weight is 270 g/mol. The molecule has 0 spiro atoms. The Labute approximate surface area is 109 Å². The van der Waals surface area contributed by atoms with Gasteiger partial charge >= 0.3 is 5.97 Å². The summed E-state index contributed by atoms with van der Waals surface area (Å²) in [5, 5.41) is 11.8. The second kappa shape index (κ2) is 6.66. The maximum absolute atomic E-state index is 11.6. The lowest BCUT2D eigenvalue weighted by Crippen LogP contribution is -2.27. The minimum Gasteiger partial charge on any atom is -0.506 e. The fourth-order valence-electron chi connectivity index (χ4n) is 1.13. The van der Waals surface area contributed by atoms with Crippen molar-refractivity contribution in [3.63, 3.8) is 0 Å². The lowest BCUT2D eigenvalue weighted by Gasteiger charge is -2.06. The SMILES string of the molecule is C=CC(=O)OCCNC(=O)c1ccc(O)c(Cl)c1. The molecule has 0 aliphatic rings. The van der Waals surface area contributed by atoms with Crippen molar-refractivity contribution in [3.05, 3.63) is 41.4 Å². The summed E-state index contributed by atoms with van der Waals surface area (Å²) in [6, 6.07) is 4.11. The highest BCUT2D eigenvalue weighted by molar-refractivity contribution is 6.32. The van der Waals surface area contributed by atoms with Gasteiger partial charge in [-0.2, -0.15) is 0 Å². The molecular formula is C12H12ClNO4. The number of nitrogens with one attached hydrogen (secondary N) is 1. The number of hydrogen-bond acceptors (Lipinski definition) is 4. The third-order valence-corrected chi connectivity index (χ3v) is 2.31. The fraction of sp³-hybridized carbons (Fsp3) is 0.167. The Morgan fingerprint density at radius 3 is 2.83 bits per heavy atom. The van der Waals surface area contributed by atoms with E-state index < -0.39 is 5.97 Å². The third kappa shape index (κ3) is 4.10. The van der Waals surface area contributed by atoms with Gasteiger partial charge in [0.2, 0.25) is 0 Å². The molecule has 0 radical (unpaired) electrons. The Hall–Kier alpha value is -2.01. The van der Waals surface area contributed by atoms with E-state index >= 15 is 0 Å². The summed E-state index contributed by atoms with van der Waals surface area (Å²) in [6.45, 7) is 3.48. The minimum absolute atomic E-state index is 0.0579. The highest BCUT2D eigenvalue weighted by Gasteiger charge is 2.07. The van der Waals surface area contributed by atoms with Gasteiger partial charge in [0.05, 0.1) is 11.6 Å². The lowest BCUT2D eigenvalue weighted by atomic mass is 10.2. The van der Waals surface area contributed by atoms with Gasteiger partial charge in [-0.15, -0.1) is 0 Å². The van der Waals surface area contributed by atoms with Crippen molar-refractivity contribution in [2.24, 2.45) is 0 Å². The third-order valence-electron chi connectivity index (χ3n) is 2.01. The van der Waals surface area contributed by atoms with Gasteiger partial charge in [-0.05, 0) is 18.2 Å². The van der Waals surface area contributed by atoms with Crippen LogP contribution in [0.4, 0.5) is 0 Å². The van der Waals surface area contributed by atoms with Gasteiger partial charge in [-0.25, -0.2) is 4.79 Å². The second-order valence-electron chi connectivity index (χ2n) is 3.29. The molecule has 18 heavy (non-hydrogen) atoms. The lowest BCUT2D eigenvalue weighted by molar-refractivity contribution is -0.137. The van der Waals surface area contributed by atoms with Gasteiger partial charge in [0, 0.05) is 11.6 Å². The van der Waals surface area contributed by atoms with Crippen molar-refractivity contribution in [2.75, 3.05) is 13.2 Å². The molecule has 1 amide bonds. The number of carbonyl (C=O) groups excluding carboxylic acids is 2. The van der Waals surface area contributed by atoms with Gasteiger partial charge < -0.3 is 15.2 Å². The van der Waals surface area contributed by atoms with E-state index in [-0.39, 0.29) is 29.8 Å². The second-order valence-corrected chi connectivity index (χ2v) is 3.70. The standard InChI is InChI=1S/C12H12ClNO4/c1-2-11(16)18-6-5-14-12(17)8-3-4-10(15)9(13)7-8/h2-4,7,15H,1,5-6H2,(H,14,17). The van der Waals surface area contributed by atoms with E-state index in [1.54, 1.807) is 0 Å². The first kappa shape index (κ1) is 14.1. The molecular weight excluding hydrogens is 258 g/mol. The molecule has 0 aliphatic carbocycles. The van der Waals surface area contributed by atoms with Crippen molar-refractivity contribution in [1.29, 1.82) is 0 Å². The van der Waals surface area contributed by atoms with Crippen LogP contribution < -0.4 is 5.32 Å². The molecule has 5 nitrogen and oxygen atoms in total. The average Bonchev–Trinajstić information content (AvgIpc) is 2.37. The molecule has 0 unspecified atom stereocenters. The van der Waals surface area contributed by atoms with E-state index in [9.17, 15) is 14.7 Å². The topological polar surface area (TPSA) is 75.6 Å². The molecule has 1 aromatic carbocycles. The maximum atomic E-state index is 11.6. The predicted molar refractivity (Wildman–Crippen MR) is 66.6 cm³/mol. The molecule has 0 bridgehead atoms. The van der Waals surface area contributed by atoms with Crippen LogP contribution in [0.3, 0.4) is 0 Å². The highest BCUT2D eigenvalue weighted by atomic mass is 35.5. The van der Waals surface area contributed by atoms with Crippen LogP contribution in [0, 0.1) is 0 Å². The fourth-order valence-corrected chi connectivity index (χ4v) is 1.31. The monoisotopic (exact) mass is 269 g/mol.